The molecule has 3 nitrogen and oxygen atoms in total. The Balaban J connectivity index is 1.63. The van der Waals surface area contributed by atoms with Gasteiger partial charge in [-0.2, -0.15) is 0 Å². The zero-order valence-electron chi connectivity index (χ0n) is 22.8. The average molecular weight is 491 g/mol. The number of aliphatic hydroxyl groups excluding tert-OH is 1. The Labute approximate surface area is 213 Å². The Morgan fingerprint density at radius 3 is 2.69 bits per heavy atom. The van der Waals surface area contributed by atoms with E-state index < -0.39 is 11.7 Å². The molecule has 3 saturated carbocycles. The van der Waals surface area contributed by atoms with Crippen LogP contribution in [0.15, 0.2) is 35.5 Å². The predicted molar refractivity (Wildman–Crippen MR) is 143 cm³/mol. The first kappa shape index (κ1) is 28.6. The second-order valence-corrected chi connectivity index (χ2v) is 11.9. The fourth-order valence-electron chi connectivity index (χ4n) is 7.45. The lowest BCUT2D eigenvalue weighted by Gasteiger charge is -2.44. The zero-order valence-corrected chi connectivity index (χ0v) is 22.8. The lowest BCUT2D eigenvalue weighted by molar-refractivity contribution is -0.0365. The minimum Gasteiger partial charge on any atom is -0.393 e. The van der Waals surface area contributed by atoms with Crippen LogP contribution in [0.4, 0.5) is 4.39 Å². The van der Waals surface area contributed by atoms with Crippen molar-refractivity contribution in [1.29, 1.82) is 0 Å². The number of alkyl halides is 1. The number of halogens is 1. The largest absolute Gasteiger partial charge is 0.393 e. The summed E-state index contributed by atoms with van der Waals surface area (Å²) < 4.78 is 19.3. The molecule has 3 aliphatic carbocycles. The Hall–Kier alpha value is -0.970. The summed E-state index contributed by atoms with van der Waals surface area (Å²) in [6, 6.07) is 0. The van der Waals surface area contributed by atoms with Gasteiger partial charge in [0.05, 0.1) is 24.5 Å². The quantitative estimate of drug-likeness (QED) is 0.295. The summed E-state index contributed by atoms with van der Waals surface area (Å²) in [5.74, 6) is 1.20. The molecular weight excluding hydrogens is 439 g/mol. The van der Waals surface area contributed by atoms with E-state index in [-0.39, 0.29) is 24.1 Å². The monoisotopic (exact) mass is 490 g/mol. The van der Waals surface area contributed by atoms with E-state index in [1.807, 2.05) is 0 Å². The predicted octanol–water partition coefficient (Wildman–Crippen LogP) is 7.48. The summed E-state index contributed by atoms with van der Waals surface area (Å²) in [6.45, 7) is 13.5. The van der Waals surface area contributed by atoms with Gasteiger partial charge in [0.1, 0.15) is 0 Å². The van der Waals surface area contributed by atoms with Crippen LogP contribution in [0.3, 0.4) is 0 Å². The number of rotatable bonds is 11. The molecule has 3 rings (SSSR count). The highest BCUT2D eigenvalue weighted by atomic mass is 19.1. The van der Waals surface area contributed by atoms with Gasteiger partial charge in [-0.05, 0) is 118 Å². The first-order valence-corrected chi connectivity index (χ1v) is 14.3. The van der Waals surface area contributed by atoms with Crippen LogP contribution in [-0.4, -0.2) is 41.3 Å². The molecule has 0 bridgehead atoms. The van der Waals surface area contributed by atoms with Crippen molar-refractivity contribution in [3.05, 3.63) is 35.5 Å². The smallest absolute Gasteiger partial charge is 0.0900 e. The van der Waals surface area contributed by atoms with Gasteiger partial charge >= 0.3 is 0 Å². The van der Waals surface area contributed by atoms with Crippen molar-refractivity contribution in [2.45, 2.75) is 123 Å². The molecule has 0 aliphatic heterocycles. The van der Waals surface area contributed by atoms with Gasteiger partial charge in [0.2, 0.25) is 0 Å². The van der Waals surface area contributed by atoms with Gasteiger partial charge in [-0.25, -0.2) is 0 Å². The Morgan fingerprint density at radius 2 is 2.00 bits per heavy atom. The van der Waals surface area contributed by atoms with E-state index in [1.54, 1.807) is 0 Å². The van der Waals surface area contributed by atoms with Crippen molar-refractivity contribution < 1.29 is 19.3 Å². The number of hydrogen-bond acceptors (Lipinski definition) is 3. The molecule has 0 amide bonds. The third kappa shape index (κ3) is 6.67. The van der Waals surface area contributed by atoms with E-state index in [9.17, 15) is 14.6 Å². The third-order valence-electron chi connectivity index (χ3n) is 9.96. The van der Waals surface area contributed by atoms with Crippen LogP contribution in [0.2, 0.25) is 0 Å². The van der Waals surface area contributed by atoms with E-state index in [0.717, 1.165) is 49.9 Å². The molecule has 0 aromatic rings. The van der Waals surface area contributed by atoms with E-state index in [1.165, 1.54) is 31.3 Å². The van der Waals surface area contributed by atoms with Crippen LogP contribution in [0, 0.1) is 23.2 Å². The first-order valence-electron chi connectivity index (χ1n) is 14.3. The number of aliphatic hydroxyl groups is 2. The summed E-state index contributed by atoms with van der Waals surface area (Å²) in [7, 11) is 0. The number of allylic oxidation sites excluding steroid dienone is 4. The summed E-state index contributed by atoms with van der Waals surface area (Å²) in [6.07, 6.45) is 15.4. The Kier molecular flexibility index (Phi) is 10.2. The van der Waals surface area contributed by atoms with Gasteiger partial charge in [-0.15, -0.1) is 0 Å². The molecule has 0 unspecified atom stereocenters. The van der Waals surface area contributed by atoms with Gasteiger partial charge in [0, 0.05) is 6.61 Å². The topological polar surface area (TPSA) is 49.7 Å². The molecule has 0 aromatic heterocycles. The fraction of sp³-hybridized carbons (Fsp3) is 0.806. The van der Waals surface area contributed by atoms with Crippen molar-refractivity contribution in [3.8, 4) is 0 Å². The second-order valence-electron chi connectivity index (χ2n) is 11.9. The van der Waals surface area contributed by atoms with Crippen molar-refractivity contribution >= 4 is 0 Å². The normalized spacial score (nSPS) is 35.0. The molecule has 35 heavy (non-hydrogen) atoms. The van der Waals surface area contributed by atoms with Gasteiger partial charge in [-0.1, -0.05) is 45.1 Å². The van der Waals surface area contributed by atoms with Crippen molar-refractivity contribution in [2.24, 2.45) is 23.2 Å². The molecule has 6 atom stereocenters. The van der Waals surface area contributed by atoms with Gasteiger partial charge in [0.25, 0.3) is 0 Å². The highest BCUT2D eigenvalue weighted by Gasteiger charge is 2.51. The summed E-state index contributed by atoms with van der Waals surface area (Å²) in [4.78, 5) is 0. The van der Waals surface area contributed by atoms with Crippen LogP contribution in [0.5, 0.6) is 0 Å². The minimum absolute atomic E-state index is 0.0597. The second kappa shape index (κ2) is 12.5. The number of fused-ring (bicyclic) bond motifs is 1. The van der Waals surface area contributed by atoms with E-state index in [2.05, 4.69) is 46.4 Å². The lowest BCUT2D eigenvalue weighted by Crippen LogP contribution is -2.39. The van der Waals surface area contributed by atoms with E-state index in [0.29, 0.717) is 31.1 Å². The molecule has 0 saturated heterocycles. The summed E-state index contributed by atoms with van der Waals surface area (Å²) in [5, 5.41) is 20.9. The molecule has 0 radical (unpaired) electrons. The zero-order chi connectivity index (χ0) is 25.6. The maximum absolute atomic E-state index is 13.0. The van der Waals surface area contributed by atoms with Crippen LogP contribution in [-0.2, 0) is 4.74 Å². The van der Waals surface area contributed by atoms with Gasteiger partial charge in [0.15, 0.2) is 0 Å². The highest BCUT2D eigenvalue weighted by molar-refractivity contribution is 5.38. The first-order chi connectivity index (χ1) is 16.7. The van der Waals surface area contributed by atoms with Crippen LogP contribution in [0.25, 0.3) is 0 Å². The molecule has 3 fully saturated rings. The molecule has 0 spiro atoms. The molecule has 3 aliphatic rings. The van der Waals surface area contributed by atoms with Gasteiger partial charge < -0.3 is 14.9 Å². The van der Waals surface area contributed by atoms with E-state index >= 15 is 0 Å². The standard InChI is InChI=1S/C31H51FO3/c1-6-31(34,7-2)17-9-19-35-23(4)28-13-14-29-24(10-8-16-30(28,29)5)11-12-25-20-27(33)21-26(15-18-32)22(25)3/h11-12,23,26-29,33-34H,3,6-10,13-21H2,1-2,4-5H3/b24-11+,25-12-/t23-,26+,27+,28+,29-,30+/m0/s1. The van der Waals surface area contributed by atoms with E-state index in [4.69, 9.17) is 4.74 Å². The van der Waals surface area contributed by atoms with Crippen LogP contribution >= 0.6 is 0 Å². The van der Waals surface area contributed by atoms with Crippen molar-refractivity contribution in [2.75, 3.05) is 13.3 Å². The maximum atomic E-state index is 13.0. The number of hydrogen-bond donors (Lipinski definition) is 2. The highest BCUT2D eigenvalue weighted by Crippen LogP contribution is 2.58. The molecular formula is C31H51FO3. The molecule has 4 heteroatoms. The maximum Gasteiger partial charge on any atom is 0.0900 e. The van der Waals surface area contributed by atoms with Gasteiger partial charge in [-0.3, -0.25) is 4.39 Å². The van der Waals surface area contributed by atoms with Crippen molar-refractivity contribution in [3.63, 3.8) is 0 Å². The van der Waals surface area contributed by atoms with Crippen molar-refractivity contribution in [1.82, 2.24) is 0 Å². The average Bonchev–Trinajstić information content (AvgIpc) is 3.20. The third-order valence-corrected chi connectivity index (χ3v) is 9.96. The minimum atomic E-state index is -0.541. The molecule has 200 valence electrons. The van der Waals surface area contributed by atoms with Crippen LogP contribution in [0.1, 0.15) is 105 Å². The molecule has 0 aromatic carbocycles. The fourth-order valence-corrected chi connectivity index (χ4v) is 7.45. The lowest BCUT2D eigenvalue weighted by atomic mass is 9.62. The SMILES string of the molecule is C=C1/C(=C\C=C2/CCC[C@]3(C)[C@@H]([C@H](C)OCCCC(O)(CC)CC)CC[C@@H]23)C[C@@H](O)C[C@H]1CCF. The van der Waals surface area contributed by atoms with Crippen LogP contribution < -0.4 is 0 Å². The summed E-state index contributed by atoms with van der Waals surface area (Å²) >= 11 is 0. The molecule has 2 N–H and O–H groups in total. The molecule has 0 heterocycles. The number of ether oxygens (including phenoxy) is 1. The summed E-state index contributed by atoms with van der Waals surface area (Å²) in [5.41, 5.74) is 3.38. The Morgan fingerprint density at radius 1 is 1.26 bits per heavy atom. The Bertz CT molecular complexity index is 767.